The van der Waals surface area contributed by atoms with Crippen LogP contribution in [0.25, 0.3) is 0 Å². The number of hydrogen-bond donors (Lipinski definition) is 0. The number of rotatable bonds is 3. The summed E-state index contributed by atoms with van der Waals surface area (Å²) in [5.41, 5.74) is 0.785. The van der Waals surface area contributed by atoms with E-state index >= 15 is 0 Å². The normalized spacial score (nSPS) is 17.9. The van der Waals surface area contributed by atoms with Crippen molar-refractivity contribution >= 4 is 18.0 Å². The van der Waals surface area contributed by atoms with Gasteiger partial charge in [0.15, 0.2) is 0 Å². The van der Waals surface area contributed by atoms with E-state index in [0.29, 0.717) is 6.54 Å². The lowest BCUT2D eigenvalue weighted by atomic mass is 10.3. The van der Waals surface area contributed by atoms with E-state index in [0.717, 1.165) is 12.3 Å². The van der Waals surface area contributed by atoms with Crippen LogP contribution in [0.1, 0.15) is 6.92 Å². The number of urea groups is 1. The quantitative estimate of drug-likeness (QED) is 0.629. The van der Waals surface area contributed by atoms with Crippen LogP contribution in [-0.2, 0) is 0 Å². The van der Waals surface area contributed by atoms with E-state index < -0.39 is 0 Å². The van der Waals surface area contributed by atoms with Crippen LogP contribution in [0.15, 0.2) is 10.1 Å². The molecule has 1 heterocycles. The fraction of sp³-hybridized carbons (Fsp3) is 0.667. The van der Waals surface area contributed by atoms with Gasteiger partial charge in [-0.3, -0.25) is 4.99 Å². The summed E-state index contributed by atoms with van der Waals surface area (Å²) >= 11 is 0. The molecule has 1 aliphatic rings. The first kappa shape index (κ1) is 11.6. The van der Waals surface area contributed by atoms with Crippen LogP contribution in [-0.4, -0.2) is 67.2 Å². The van der Waals surface area contributed by atoms with Gasteiger partial charge >= 0.3 is 6.03 Å². The van der Waals surface area contributed by atoms with Crippen molar-refractivity contribution in [2.24, 2.45) is 10.1 Å². The molecule has 0 atom stereocenters. The maximum Gasteiger partial charge on any atom is 0.355 e. The first-order valence-electron chi connectivity index (χ1n) is 4.86. The Labute approximate surface area is 89.8 Å². The minimum absolute atomic E-state index is 0.131. The van der Waals surface area contributed by atoms with Crippen molar-refractivity contribution in [1.29, 1.82) is 0 Å². The number of amides is 2. The molecule has 6 nitrogen and oxygen atoms in total. The number of hydrogen-bond acceptors (Lipinski definition) is 4. The molecule has 0 saturated heterocycles. The average Bonchev–Trinajstić information content (AvgIpc) is 2.19. The third kappa shape index (κ3) is 2.76. The summed E-state index contributed by atoms with van der Waals surface area (Å²) in [5, 5.41) is 8.78. The number of carbonyl (C=O) groups excluding carboxylic acids is 1. The molecular formula is C9H17N5O. The van der Waals surface area contributed by atoms with Gasteiger partial charge in [0, 0.05) is 33.9 Å². The molecule has 0 unspecified atom stereocenters. The van der Waals surface area contributed by atoms with Crippen molar-refractivity contribution in [3.05, 3.63) is 0 Å². The van der Waals surface area contributed by atoms with E-state index in [9.17, 15) is 4.79 Å². The van der Waals surface area contributed by atoms with Crippen molar-refractivity contribution in [3.8, 4) is 0 Å². The molecule has 1 aliphatic heterocycles. The van der Waals surface area contributed by atoms with Gasteiger partial charge in [-0.15, -0.1) is 0 Å². The second-order valence-corrected chi connectivity index (χ2v) is 3.43. The van der Waals surface area contributed by atoms with E-state index in [4.69, 9.17) is 0 Å². The first-order chi connectivity index (χ1) is 7.06. The highest BCUT2D eigenvalue weighted by molar-refractivity contribution is 6.32. The second kappa shape index (κ2) is 4.88. The Balaban J connectivity index is 2.81. The molecule has 2 amide bonds. The van der Waals surface area contributed by atoms with Gasteiger partial charge in [0.2, 0.25) is 0 Å². The minimum Gasteiger partial charge on any atom is -0.291 e. The average molecular weight is 211 g/mol. The predicted octanol–water partition coefficient (Wildman–Crippen LogP) is 0.277. The van der Waals surface area contributed by atoms with Crippen LogP contribution in [0.4, 0.5) is 4.79 Å². The van der Waals surface area contributed by atoms with Gasteiger partial charge in [-0.25, -0.2) is 19.8 Å². The van der Waals surface area contributed by atoms with Gasteiger partial charge in [0.05, 0.1) is 12.3 Å². The number of hydrazine groups is 1. The van der Waals surface area contributed by atoms with Crippen LogP contribution in [0, 0.1) is 0 Å². The third-order valence-electron chi connectivity index (χ3n) is 1.99. The molecule has 0 aliphatic carbocycles. The van der Waals surface area contributed by atoms with Crippen LogP contribution in [0.2, 0.25) is 0 Å². The maximum atomic E-state index is 11.6. The zero-order valence-corrected chi connectivity index (χ0v) is 9.64. The van der Waals surface area contributed by atoms with Crippen molar-refractivity contribution in [1.82, 2.24) is 15.0 Å². The van der Waals surface area contributed by atoms with Gasteiger partial charge in [0.25, 0.3) is 0 Å². The monoisotopic (exact) mass is 211 g/mol. The van der Waals surface area contributed by atoms with Gasteiger partial charge in [0.1, 0.15) is 0 Å². The van der Waals surface area contributed by atoms with Crippen molar-refractivity contribution in [3.63, 3.8) is 0 Å². The SMILES string of the molecule is CCN=CC1=NN(C)C(=O)N(N(C)C)C1. The van der Waals surface area contributed by atoms with E-state index in [2.05, 4.69) is 10.1 Å². The van der Waals surface area contributed by atoms with E-state index in [-0.39, 0.29) is 6.03 Å². The maximum absolute atomic E-state index is 11.6. The zero-order chi connectivity index (χ0) is 11.4. The first-order valence-corrected chi connectivity index (χ1v) is 4.86. The van der Waals surface area contributed by atoms with Crippen LogP contribution < -0.4 is 0 Å². The molecule has 84 valence electrons. The fourth-order valence-electron chi connectivity index (χ4n) is 1.23. The van der Waals surface area contributed by atoms with Gasteiger partial charge in [-0.05, 0) is 6.92 Å². The largest absolute Gasteiger partial charge is 0.355 e. The van der Waals surface area contributed by atoms with Gasteiger partial charge in [-0.2, -0.15) is 5.10 Å². The molecule has 0 saturated carbocycles. The number of nitrogens with zero attached hydrogens (tertiary/aromatic N) is 5. The number of hydrazone groups is 1. The lowest BCUT2D eigenvalue weighted by Crippen LogP contribution is -2.52. The van der Waals surface area contributed by atoms with Crippen molar-refractivity contribution in [2.45, 2.75) is 6.92 Å². The highest BCUT2D eigenvalue weighted by Gasteiger charge is 2.25. The Morgan fingerprint density at radius 3 is 2.80 bits per heavy atom. The number of aliphatic imine (C=N–C) groups is 1. The molecule has 0 aromatic carbocycles. The molecule has 0 N–H and O–H groups in total. The van der Waals surface area contributed by atoms with Crippen molar-refractivity contribution in [2.75, 3.05) is 34.2 Å². The molecule has 0 aromatic rings. The topological polar surface area (TPSA) is 51.5 Å². The molecule has 1 rings (SSSR count). The Hall–Kier alpha value is -1.43. The van der Waals surface area contributed by atoms with E-state index in [1.165, 1.54) is 5.01 Å². The summed E-state index contributed by atoms with van der Waals surface area (Å²) in [4.78, 5) is 15.8. The summed E-state index contributed by atoms with van der Waals surface area (Å²) < 4.78 is 0. The lowest BCUT2D eigenvalue weighted by molar-refractivity contribution is 0.0520. The fourth-order valence-corrected chi connectivity index (χ4v) is 1.23. The predicted molar refractivity (Wildman–Crippen MR) is 60.0 cm³/mol. The Bertz CT molecular complexity index is 297. The molecule has 15 heavy (non-hydrogen) atoms. The standard InChI is InChI=1S/C9H17N5O/c1-5-10-6-8-7-14(12(2)3)9(15)13(4)11-8/h6H,5,7H2,1-4H3. The second-order valence-electron chi connectivity index (χ2n) is 3.43. The molecule has 0 fully saturated rings. The van der Waals surface area contributed by atoms with Gasteiger partial charge in [-0.1, -0.05) is 0 Å². The molecule has 6 heteroatoms. The smallest absolute Gasteiger partial charge is 0.291 e. The summed E-state index contributed by atoms with van der Waals surface area (Å²) in [7, 11) is 5.29. The third-order valence-corrected chi connectivity index (χ3v) is 1.99. The van der Waals surface area contributed by atoms with Crippen LogP contribution >= 0.6 is 0 Å². The number of carbonyl (C=O) groups is 1. The van der Waals surface area contributed by atoms with E-state index in [1.54, 1.807) is 23.3 Å². The zero-order valence-electron chi connectivity index (χ0n) is 9.64. The molecule has 0 spiro atoms. The lowest BCUT2D eigenvalue weighted by Gasteiger charge is -2.34. The molecule has 0 aromatic heterocycles. The minimum atomic E-state index is -0.131. The molecular weight excluding hydrogens is 194 g/mol. The molecule has 0 radical (unpaired) electrons. The highest BCUT2D eigenvalue weighted by Crippen LogP contribution is 2.05. The summed E-state index contributed by atoms with van der Waals surface area (Å²) in [6.07, 6.45) is 1.71. The van der Waals surface area contributed by atoms with Gasteiger partial charge < -0.3 is 0 Å². The summed E-state index contributed by atoms with van der Waals surface area (Å²) in [6, 6.07) is -0.131. The van der Waals surface area contributed by atoms with Crippen LogP contribution in [0.5, 0.6) is 0 Å². The van der Waals surface area contributed by atoms with Crippen LogP contribution in [0.3, 0.4) is 0 Å². The Morgan fingerprint density at radius 2 is 2.27 bits per heavy atom. The summed E-state index contributed by atoms with van der Waals surface area (Å²) in [6.45, 7) is 3.15. The van der Waals surface area contributed by atoms with E-state index in [1.807, 2.05) is 21.0 Å². The summed E-state index contributed by atoms with van der Waals surface area (Å²) in [5.74, 6) is 0. The van der Waals surface area contributed by atoms with Crippen molar-refractivity contribution < 1.29 is 4.79 Å². The highest BCUT2D eigenvalue weighted by atomic mass is 16.2. The Morgan fingerprint density at radius 1 is 1.60 bits per heavy atom. The molecule has 0 bridgehead atoms. The Kier molecular flexibility index (Phi) is 3.79.